The van der Waals surface area contributed by atoms with Crippen LogP contribution in [0.15, 0.2) is 12.5 Å². The number of nitrogens with zero attached hydrogens (tertiary/aromatic N) is 1. The van der Waals surface area contributed by atoms with Gasteiger partial charge in [0.1, 0.15) is 5.60 Å². The fourth-order valence-electron chi connectivity index (χ4n) is 0.954. The molecule has 1 rings (SSSR count). The summed E-state index contributed by atoms with van der Waals surface area (Å²) in [4.78, 5) is 17.9. The lowest BCUT2D eigenvalue weighted by molar-refractivity contribution is -0.00262. The molecule has 1 aromatic rings. The number of hydrogen-bond donors (Lipinski definition) is 1. The molecule has 0 aliphatic rings. The topological polar surface area (TPSA) is 55.0 Å². The van der Waals surface area contributed by atoms with Crippen LogP contribution in [0.5, 0.6) is 0 Å². The molecule has 1 aromatic heterocycles. The van der Waals surface area contributed by atoms with E-state index >= 15 is 0 Å². The highest BCUT2D eigenvalue weighted by molar-refractivity contribution is 6.17. The van der Waals surface area contributed by atoms with Crippen LogP contribution in [-0.4, -0.2) is 27.4 Å². The number of rotatable bonds is 4. The summed E-state index contributed by atoms with van der Waals surface area (Å²) in [5.41, 5.74) is -0.259. The van der Waals surface area contributed by atoms with Crippen molar-refractivity contribution in [2.24, 2.45) is 0 Å². The Morgan fingerprint density at radius 2 is 2.43 bits per heavy atom. The van der Waals surface area contributed by atoms with Crippen molar-refractivity contribution in [3.05, 3.63) is 18.2 Å². The Morgan fingerprint density at radius 1 is 1.71 bits per heavy atom. The van der Waals surface area contributed by atoms with Crippen LogP contribution in [-0.2, 0) is 4.74 Å². The zero-order valence-electron chi connectivity index (χ0n) is 8.21. The van der Waals surface area contributed by atoms with Crippen LogP contribution >= 0.6 is 11.6 Å². The van der Waals surface area contributed by atoms with Crippen molar-refractivity contribution >= 4 is 17.6 Å². The van der Waals surface area contributed by atoms with Crippen molar-refractivity contribution in [3.8, 4) is 0 Å². The molecule has 0 bridgehead atoms. The molecule has 0 aromatic carbocycles. The lowest BCUT2D eigenvalue weighted by Gasteiger charge is -2.23. The minimum atomic E-state index is -0.544. The molecule has 1 N–H and O–H groups in total. The maximum absolute atomic E-state index is 11.4. The van der Waals surface area contributed by atoms with Crippen LogP contribution in [0.4, 0.5) is 0 Å². The summed E-state index contributed by atoms with van der Waals surface area (Å²) in [7, 11) is 0. The number of ether oxygens (including phenoxy) is 1. The van der Waals surface area contributed by atoms with Crippen LogP contribution in [0.3, 0.4) is 0 Å². The van der Waals surface area contributed by atoms with Gasteiger partial charge in [-0.05, 0) is 13.8 Å². The van der Waals surface area contributed by atoms with E-state index in [1.54, 1.807) is 0 Å². The summed E-state index contributed by atoms with van der Waals surface area (Å²) < 4.78 is 5.22. The molecule has 0 radical (unpaired) electrons. The Morgan fingerprint density at radius 3 is 2.93 bits per heavy atom. The highest BCUT2D eigenvalue weighted by Crippen LogP contribution is 2.16. The summed E-state index contributed by atoms with van der Waals surface area (Å²) in [6.07, 6.45) is 3.55. The minimum Gasteiger partial charge on any atom is -0.455 e. The molecule has 0 saturated carbocycles. The average molecular weight is 217 g/mol. The maximum Gasteiger partial charge on any atom is 0.359 e. The van der Waals surface area contributed by atoms with E-state index in [2.05, 4.69) is 9.97 Å². The Kier molecular flexibility index (Phi) is 3.52. The molecule has 78 valence electrons. The number of H-pyrrole nitrogens is 1. The Labute approximate surface area is 87.6 Å². The summed E-state index contributed by atoms with van der Waals surface area (Å²) in [5.74, 6) is 0.0299. The molecule has 4 nitrogen and oxygen atoms in total. The molecule has 0 aliphatic carbocycles. The van der Waals surface area contributed by atoms with Crippen molar-refractivity contribution in [1.29, 1.82) is 0 Å². The molecule has 0 fully saturated rings. The highest BCUT2D eigenvalue weighted by atomic mass is 35.5. The second-order valence-electron chi connectivity index (χ2n) is 3.54. The Bertz CT molecular complexity index is 296. The normalized spacial score (nSPS) is 11.4. The van der Waals surface area contributed by atoms with Gasteiger partial charge in [-0.25, -0.2) is 9.78 Å². The van der Waals surface area contributed by atoms with Crippen LogP contribution < -0.4 is 0 Å². The highest BCUT2D eigenvalue weighted by Gasteiger charge is 2.23. The number of carbonyl (C=O) groups excluding carboxylic acids is 1. The first-order valence-electron chi connectivity index (χ1n) is 4.33. The van der Waals surface area contributed by atoms with Gasteiger partial charge < -0.3 is 9.72 Å². The van der Waals surface area contributed by atoms with Gasteiger partial charge in [-0.1, -0.05) is 0 Å². The molecule has 0 saturated heterocycles. The zero-order chi connectivity index (χ0) is 10.6. The molecule has 5 heteroatoms. The number of nitrogens with one attached hydrogen (secondary N) is 1. The van der Waals surface area contributed by atoms with Crippen molar-refractivity contribution in [3.63, 3.8) is 0 Å². The summed E-state index contributed by atoms with van der Waals surface area (Å²) in [6, 6.07) is 0. The number of hydrogen-bond acceptors (Lipinski definition) is 3. The third-order valence-electron chi connectivity index (χ3n) is 1.77. The number of imidazole rings is 1. The van der Waals surface area contributed by atoms with Crippen molar-refractivity contribution in [2.45, 2.75) is 25.9 Å². The molecule has 1 heterocycles. The average Bonchev–Trinajstić information content (AvgIpc) is 2.53. The van der Waals surface area contributed by atoms with Crippen LogP contribution in [0.2, 0.25) is 0 Å². The van der Waals surface area contributed by atoms with E-state index in [1.807, 2.05) is 13.8 Å². The smallest absolute Gasteiger partial charge is 0.359 e. The molecule has 0 unspecified atom stereocenters. The maximum atomic E-state index is 11.4. The van der Waals surface area contributed by atoms with E-state index in [4.69, 9.17) is 16.3 Å². The van der Waals surface area contributed by atoms with Crippen LogP contribution in [0.25, 0.3) is 0 Å². The zero-order valence-corrected chi connectivity index (χ0v) is 8.97. The molecule has 14 heavy (non-hydrogen) atoms. The first-order chi connectivity index (χ1) is 6.55. The minimum absolute atomic E-state index is 0.285. The Hall–Kier alpha value is -1.03. The lowest BCUT2D eigenvalue weighted by Crippen LogP contribution is -2.28. The number of aromatic amines is 1. The van der Waals surface area contributed by atoms with E-state index in [1.165, 1.54) is 12.5 Å². The number of halogens is 1. The van der Waals surface area contributed by atoms with E-state index in [-0.39, 0.29) is 5.69 Å². The van der Waals surface area contributed by atoms with Gasteiger partial charge in [0.2, 0.25) is 0 Å². The van der Waals surface area contributed by atoms with E-state index in [0.29, 0.717) is 12.3 Å². The third-order valence-corrected chi connectivity index (χ3v) is 1.96. The summed E-state index contributed by atoms with van der Waals surface area (Å²) in [5, 5.41) is 0. The molecular weight excluding hydrogens is 204 g/mol. The van der Waals surface area contributed by atoms with Crippen molar-refractivity contribution < 1.29 is 9.53 Å². The van der Waals surface area contributed by atoms with Gasteiger partial charge in [0.15, 0.2) is 5.69 Å². The van der Waals surface area contributed by atoms with Gasteiger partial charge in [-0.2, -0.15) is 0 Å². The summed E-state index contributed by atoms with van der Waals surface area (Å²) >= 11 is 5.58. The largest absolute Gasteiger partial charge is 0.455 e. The van der Waals surface area contributed by atoms with Gasteiger partial charge in [0.25, 0.3) is 0 Å². The quantitative estimate of drug-likeness (QED) is 0.619. The monoisotopic (exact) mass is 216 g/mol. The fourth-order valence-corrected chi connectivity index (χ4v) is 1.41. The molecule has 0 aliphatic heterocycles. The van der Waals surface area contributed by atoms with Gasteiger partial charge in [0, 0.05) is 18.5 Å². The predicted molar refractivity (Wildman–Crippen MR) is 53.4 cm³/mol. The molecule has 0 atom stereocenters. The Balaban J connectivity index is 2.57. The van der Waals surface area contributed by atoms with Gasteiger partial charge in [-0.15, -0.1) is 11.6 Å². The molecular formula is C9H13ClN2O2. The third kappa shape index (κ3) is 3.03. The number of aromatic nitrogens is 2. The van der Waals surface area contributed by atoms with E-state index in [9.17, 15) is 4.79 Å². The second kappa shape index (κ2) is 4.46. The van der Waals surface area contributed by atoms with Crippen molar-refractivity contribution in [1.82, 2.24) is 9.97 Å². The van der Waals surface area contributed by atoms with E-state index in [0.717, 1.165) is 0 Å². The predicted octanol–water partition coefficient (Wildman–Crippen LogP) is 1.97. The van der Waals surface area contributed by atoms with Gasteiger partial charge >= 0.3 is 5.97 Å². The van der Waals surface area contributed by atoms with Crippen molar-refractivity contribution in [2.75, 3.05) is 5.88 Å². The summed E-state index contributed by atoms with van der Waals surface area (Å²) in [6.45, 7) is 3.64. The lowest BCUT2D eigenvalue weighted by atomic mass is 10.1. The first-order valence-corrected chi connectivity index (χ1v) is 4.87. The molecule has 0 amide bonds. The van der Waals surface area contributed by atoms with E-state index < -0.39 is 11.6 Å². The van der Waals surface area contributed by atoms with Crippen LogP contribution in [0.1, 0.15) is 30.8 Å². The second-order valence-corrected chi connectivity index (χ2v) is 3.92. The molecule has 0 spiro atoms. The standard InChI is InChI=1S/C9H13ClN2O2/c1-9(2,3-4-10)14-8(13)7-5-11-6-12-7/h5-6H,3-4H2,1-2H3,(H,11,12). The number of alkyl halides is 1. The first kappa shape index (κ1) is 11.0. The SMILES string of the molecule is CC(C)(CCCl)OC(=O)c1c[nH]cn1. The number of carbonyl (C=O) groups is 1. The van der Waals surface area contributed by atoms with Gasteiger partial charge in [0.05, 0.1) is 6.33 Å². The number of esters is 1. The van der Waals surface area contributed by atoms with Crippen LogP contribution in [0, 0.1) is 0 Å². The van der Waals surface area contributed by atoms with Gasteiger partial charge in [-0.3, -0.25) is 0 Å². The fraction of sp³-hybridized carbons (Fsp3) is 0.556.